The Bertz CT molecular complexity index is 2010. The van der Waals surface area contributed by atoms with Crippen LogP contribution in [0.15, 0.2) is 35.4 Å². The van der Waals surface area contributed by atoms with Crippen LogP contribution in [0.25, 0.3) is 10.6 Å². The van der Waals surface area contributed by atoms with E-state index in [0.29, 0.717) is 25.0 Å². The van der Waals surface area contributed by atoms with E-state index in [4.69, 9.17) is 4.74 Å². The van der Waals surface area contributed by atoms with Crippen LogP contribution in [-0.2, 0) is 20.8 Å². The Morgan fingerprint density at radius 2 is 1.69 bits per heavy atom. The molecule has 2 amide bonds. The van der Waals surface area contributed by atoms with E-state index in [-0.39, 0.29) is 63.0 Å². The molecular formula is C35H39F3N6O5S2. The highest BCUT2D eigenvalue weighted by Crippen LogP contribution is 2.47. The number of amides is 2. The number of nitrogens with zero attached hydrogens (tertiary/aromatic N) is 5. The fourth-order valence-electron chi connectivity index (χ4n) is 7.44. The highest BCUT2D eigenvalue weighted by molar-refractivity contribution is 7.91. The van der Waals surface area contributed by atoms with Gasteiger partial charge < -0.3 is 19.9 Å². The number of ether oxygens (including phenoxy) is 1. The highest BCUT2D eigenvalue weighted by atomic mass is 32.2. The van der Waals surface area contributed by atoms with Gasteiger partial charge in [0.25, 0.3) is 5.91 Å². The van der Waals surface area contributed by atoms with Gasteiger partial charge in [0.1, 0.15) is 16.0 Å². The Kier molecular flexibility index (Phi) is 8.09. The lowest BCUT2D eigenvalue weighted by Crippen LogP contribution is -2.56. The van der Waals surface area contributed by atoms with Crippen molar-refractivity contribution in [3.8, 4) is 10.6 Å². The van der Waals surface area contributed by atoms with E-state index in [9.17, 15) is 31.2 Å². The zero-order valence-corrected chi connectivity index (χ0v) is 30.1. The topological polar surface area (TPSA) is 125 Å². The molecule has 3 aromatic rings. The van der Waals surface area contributed by atoms with Crippen molar-refractivity contribution in [3.05, 3.63) is 46.5 Å². The molecule has 51 heavy (non-hydrogen) atoms. The third-order valence-electron chi connectivity index (χ3n) is 10.2. The predicted octanol–water partition coefficient (Wildman–Crippen LogP) is 6.82. The molecule has 5 aliphatic rings. The lowest BCUT2D eigenvalue weighted by Gasteiger charge is -2.42. The molecule has 2 aromatic heterocycles. The van der Waals surface area contributed by atoms with E-state index in [0.717, 1.165) is 67.2 Å². The number of sulfone groups is 1. The van der Waals surface area contributed by atoms with Crippen LogP contribution >= 0.6 is 11.3 Å². The van der Waals surface area contributed by atoms with Crippen LogP contribution < -0.4 is 10.2 Å². The summed E-state index contributed by atoms with van der Waals surface area (Å²) >= 11 is 0.726. The van der Waals surface area contributed by atoms with Crippen LogP contribution in [0.5, 0.6) is 0 Å². The molecule has 272 valence electrons. The number of anilines is 3. The number of hydrogen-bond acceptors (Lipinski definition) is 10. The largest absolute Gasteiger partial charge is 0.444 e. The van der Waals surface area contributed by atoms with E-state index in [1.807, 2.05) is 37.8 Å². The number of alkyl halides is 3. The van der Waals surface area contributed by atoms with E-state index in [1.54, 1.807) is 0 Å². The van der Waals surface area contributed by atoms with Gasteiger partial charge in [0.2, 0.25) is 5.95 Å². The van der Waals surface area contributed by atoms with Gasteiger partial charge in [-0.25, -0.2) is 23.2 Å². The number of thiophene rings is 1. The maximum absolute atomic E-state index is 14.3. The molecule has 2 aliphatic carbocycles. The molecule has 11 nitrogen and oxygen atoms in total. The van der Waals surface area contributed by atoms with Crippen molar-refractivity contribution in [2.45, 2.75) is 100 Å². The van der Waals surface area contributed by atoms with E-state index in [2.05, 4.69) is 26.3 Å². The predicted molar refractivity (Wildman–Crippen MR) is 185 cm³/mol. The number of nitrogens with one attached hydrogen (secondary N) is 1. The summed E-state index contributed by atoms with van der Waals surface area (Å²) in [5.74, 6) is -0.574. The van der Waals surface area contributed by atoms with Gasteiger partial charge in [-0.2, -0.15) is 13.2 Å². The molecular weight excluding hydrogens is 706 g/mol. The smallest absolute Gasteiger partial charge is 0.420 e. The number of piperazine rings is 1. The lowest BCUT2D eigenvalue weighted by molar-refractivity contribution is -0.137. The van der Waals surface area contributed by atoms with Crippen molar-refractivity contribution in [3.63, 3.8) is 0 Å². The molecule has 16 heteroatoms. The molecule has 2 atom stereocenters. The average Bonchev–Trinajstić information content (AvgIpc) is 3.99. The molecule has 0 unspecified atom stereocenters. The van der Waals surface area contributed by atoms with Gasteiger partial charge in [-0.3, -0.25) is 9.69 Å². The summed E-state index contributed by atoms with van der Waals surface area (Å²) in [4.78, 5) is 40.0. The van der Waals surface area contributed by atoms with E-state index in [1.165, 1.54) is 4.90 Å². The molecule has 1 aromatic carbocycles. The van der Waals surface area contributed by atoms with Crippen LogP contribution in [-0.4, -0.2) is 89.3 Å². The van der Waals surface area contributed by atoms with Crippen LogP contribution in [0, 0.1) is 0 Å². The third kappa shape index (κ3) is 6.64. The van der Waals surface area contributed by atoms with E-state index < -0.39 is 38.8 Å². The van der Waals surface area contributed by atoms with Gasteiger partial charge in [0.15, 0.2) is 9.84 Å². The molecule has 8 rings (SSSR count). The van der Waals surface area contributed by atoms with Crippen LogP contribution in [0.2, 0.25) is 0 Å². The Morgan fingerprint density at radius 3 is 2.31 bits per heavy atom. The van der Waals surface area contributed by atoms with Crippen molar-refractivity contribution in [2.75, 3.05) is 35.6 Å². The van der Waals surface area contributed by atoms with Gasteiger partial charge >= 0.3 is 12.3 Å². The first-order chi connectivity index (χ1) is 24.1. The second kappa shape index (κ2) is 12.1. The Balaban J connectivity index is 1.08. The minimum absolute atomic E-state index is 0.0362. The van der Waals surface area contributed by atoms with E-state index >= 15 is 0 Å². The van der Waals surface area contributed by atoms with Crippen LogP contribution in [0.4, 0.5) is 35.3 Å². The molecule has 1 N–H and O–H groups in total. The quantitative estimate of drug-likeness (QED) is 0.289. The first-order valence-corrected chi connectivity index (χ1v) is 19.8. The maximum Gasteiger partial charge on any atom is 0.420 e. The summed E-state index contributed by atoms with van der Waals surface area (Å²) in [7, 11) is -3.91. The molecule has 3 aliphatic heterocycles. The summed E-state index contributed by atoms with van der Waals surface area (Å²) in [5.41, 5.74) is 0.491. The second-order valence-electron chi connectivity index (χ2n) is 15.2. The van der Waals surface area contributed by atoms with Crippen molar-refractivity contribution in [1.82, 2.24) is 19.8 Å². The fourth-order valence-corrected chi connectivity index (χ4v) is 10.4. The molecule has 2 bridgehead atoms. The number of rotatable bonds is 6. The number of benzene rings is 1. The Hall–Kier alpha value is -3.92. The first kappa shape index (κ1) is 34.2. The summed E-state index contributed by atoms with van der Waals surface area (Å²) in [5, 5.41) is 3.15. The molecule has 2 saturated carbocycles. The van der Waals surface area contributed by atoms with Gasteiger partial charge in [0, 0.05) is 43.2 Å². The van der Waals surface area contributed by atoms with Crippen molar-refractivity contribution >= 4 is 50.5 Å². The molecule has 2 saturated heterocycles. The summed E-state index contributed by atoms with van der Waals surface area (Å²) < 4.78 is 75.0. The van der Waals surface area contributed by atoms with Gasteiger partial charge in [-0.15, -0.1) is 11.3 Å². The number of fused-ring (bicyclic) bond motifs is 3. The second-order valence-corrected chi connectivity index (χ2v) is 18.3. The Morgan fingerprint density at radius 1 is 1.00 bits per heavy atom. The maximum atomic E-state index is 14.3. The fraction of sp³-hybridized carbons (Fsp3) is 0.543. The SMILES string of the molecule is CC(C)(C)OC(=O)N1[C@@H]2CC[C@H]1CN(c1ccc(Nc3ncc(C(F)(F)F)c(-c4cc5c(s4)C(=O)N(C4CC4)CCS5(=O)=O)n3)c(C3CC3)c1)C2. The first-order valence-electron chi connectivity index (χ1n) is 17.3. The summed E-state index contributed by atoms with van der Waals surface area (Å²) in [6.07, 6.45) is 0.869. The van der Waals surface area contributed by atoms with Crippen molar-refractivity contribution < 1.29 is 35.9 Å². The monoisotopic (exact) mass is 744 g/mol. The molecule has 5 heterocycles. The zero-order chi connectivity index (χ0) is 36.0. The van der Waals surface area contributed by atoms with Crippen LogP contribution in [0.3, 0.4) is 0 Å². The minimum atomic E-state index is -4.83. The minimum Gasteiger partial charge on any atom is -0.444 e. The van der Waals surface area contributed by atoms with Crippen molar-refractivity contribution in [1.29, 1.82) is 0 Å². The summed E-state index contributed by atoms with van der Waals surface area (Å²) in [6.45, 7) is 6.98. The van der Waals surface area contributed by atoms with Gasteiger partial charge in [-0.05, 0) is 95.0 Å². The standard InChI is InChI=1S/C35H39F3N6O5S2/c1-34(2,3)49-33(46)44-22-8-9-23(44)18-42(17-22)21-10-11-26(24(14-21)19-4-5-19)40-32-39-16-25(35(36,37)38)29(41-32)27-15-28-30(50-27)31(45)43(20-6-7-20)12-13-51(28,47)48/h10-11,14-16,19-20,22-23H,4-9,12-13,17-18H2,1-3H3,(H,39,40,41)/t22-,23+. The van der Waals surface area contributed by atoms with Crippen LogP contribution in [0.1, 0.15) is 86.0 Å². The lowest BCUT2D eigenvalue weighted by atomic mass is 10.1. The summed E-state index contributed by atoms with van der Waals surface area (Å²) in [6, 6.07) is 7.13. The number of carbonyl (C=O) groups excluding carboxylic acids is 2. The third-order valence-corrected chi connectivity index (χ3v) is 13.1. The number of halogens is 3. The number of carbonyl (C=O) groups is 2. The molecule has 0 radical (unpaired) electrons. The average molecular weight is 745 g/mol. The zero-order valence-electron chi connectivity index (χ0n) is 28.5. The van der Waals surface area contributed by atoms with Gasteiger partial charge in [-0.1, -0.05) is 0 Å². The highest BCUT2D eigenvalue weighted by Gasteiger charge is 2.45. The van der Waals surface area contributed by atoms with Crippen molar-refractivity contribution in [2.24, 2.45) is 0 Å². The Labute approximate surface area is 298 Å². The molecule has 0 spiro atoms. The number of hydrogen-bond donors (Lipinski definition) is 1. The number of aromatic nitrogens is 2. The normalized spacial score (nSPS) is 23.3. The van der Waals surface area contributed by atoms with Gasteiger partial charge in [0.05, 0.1) is 33.3 Å². The molecule has 4 fully saturated rings.